The van der Waals surface area contributed by atoms with Crippen LogP contribution in [0.25, 0.3) is 5.57 Å². The first kappa shape index (κ1) is 37.9. The fourth-order valence-corrected chi connectivity index (χ4v) is 14.4. The number of piperazine rings is 1. The van der Waals surface area contributed by atoms with Gasteiger partial charge in [-0.2, -0.15) is 0 Å². The van der Waals surface area contributed by atoms with Crippen LogP contribution in [-0.4, -0.2) is 71.6 Å². The van der Waals surface area contributed by atoms with Crippen molar-refractivity contribution in [3.05, 3.63) is 53.6 Å². The van der Waals surface area contributed by atoms with Gasteiger partial charge in [-0.3, -0.25) is 9.69 Å². The molecule has 6 heteroatoms. The van der Waals surface area contributed by atoms with E-state index in [1.54, 1.807) is 12.1 Å². The molecule has 2 N–H and O–H groups in total. The predicted octanol–water partition coefficient (Wildman–Crippen LogP) is 9.32. The fourth-order valence-electron chi connectivity index (χ4n) is 14.4. The average Bonchev–Trinajstić information content (AvgIpc) is 3.49. The second-order valence-electron chi connectivity index (χ2n) is 19.7. The predicted molar refractivity (Wildman–Crippen MR) is 212 cm³/mol. The summed E-state index contributed by atoms with van der Waals surface area (Å²) in [4.78, 5) is 28.7. The van der Waals surface area contributed by atoms with E-state index in [-0.39, 0.29) is 16.4 Å². The Labute approximate surface area is 315 Å². The second-order valence-corrected chi connectivity index (χ2v) is 19.7. The van der Waals surface area contributed by atoms with Gasteiger partial charge in [0.25, 0.3) is 0 Å². The summed E-state index contributed by atoms with van der Waals surface area (Å²) >= 11 is 0. The molecule has 0 spiro atoms. The number of amides is 1. The number of carboxylic acids is 1. The molecule has 1 saturated heterocycles. The number of nitrogens with zero attached hydrogens (tertiary/aromatic N) is 2. The monoisotopic (exact) mass is 712 g/mol. The molecule has 3 unspecified atom stereocenters. The molecule has 1 amide bonds. The minimum atomic E-state index is -0.860. The van der Waals surface area contributed by atoms with E-state index in [1.807, 2.05) is 12.1 Å². The zero-order valence-corrected chi connectivity index (χ0v) is 33.7. The zero-order valence-electron chi connectivity index (χ0n) is 33.7. The van der Waals surface area contributed by atoms with Crippen molar-refractivity contribution in [1.82, 2.24) is 15.1 Å². The summed E-state index contributed by atoms with van der Waals surface area (Å²) in [5.74, 6) is 2.72. The van der Waals surface area contributed by atoms with Crippen molar-refractivity contribution in [3.8, 4) is 0 Å². The number of hydrogen-bond donors (Lipinski definition) is 2. The standard InChI is InChI=1S/C46H69N3O3/c1-9-10-39(50)49-29-27-48(28-30-49)26-25-47-46-22-17-34(31(2)3)40(46)36-15-16-38-43(6)20-18-35(32-11-13-33(14-12-32)41(51)52)42(4,5)37(43)19-21-45(38,8)44(36,7)23-24-46/h11-14,18,34,36-38,40,47H,2,9-10,15-17,19-30H2,1,3-8H3,(H,51,52)/t34-,36+,37?,38?,40?,43-,44+,45+,46-/m0/s1. The summed E-state index contributed by atoms with van der Waals surface area (Å²) in [5, 5.41) is 13.8. The quantitative estimate of drug-likeness (QED) is 0.250. The number of hydrogen-bond acceptors (Lipinski definition) is 4. The van der Waals surface area contributed by atoms with Gasteiger partial charge in [0.2, 0.25) is 5.91 Å². The van der Waals surface area contributed by atoms with Gasteiger partial charge in [0.05, 0.1) is 5.56 Å². The number of aromatic carboxylic acids is 1. The van der Waals surface area contributed by atoms with Gasteiger partial charge < -0.3 is 15.3 Å². The number of allylic oxidation sites excluding steroid dienone is 3. The number of carbonyl (C=O) groups excluding carboxylic acids is 1. The molecule has 9 atom stereocenters. The molecule has 286 valence electrons. The minimum absolute atomic E-state index is 0.0244. The van der Waals surface area contributed by atoms with Crippen molar-refractivity contribution in [2.24, 2.45) is 51.2 Å². The van der Waals surface area contributed by atoms with E-state index >= 15 is 0 Å². The molecule has 0 aromatic heterocycles. The zero-order chi connectivity index (χ0) is 37.3. The highest BCUT2D eigenvalue weighted by atomic mass is 16.4. The maximum Gasteiger partial charge on any atom is 0.335 e. The normalized spacial score (nSPS) is 39.8. The van der Waals surface area contributed by atoms with Crippen LogP contribution in [0.5, 0.6) is 0 Å². The van der Waals surface area contributed by atoms with Gasteiger partial charge in [0.1, 0.15) is 0 Å². The summed E-state index contributed by atoms with van der Waals surface area (Å²) in [6, 6.07) is 7.63. The SMILES string of the molecule is C=C(C)[C@@H]1CC[C@]2(NCCN3CCN(C(=O)CCC)CC3)CC[C@]3(C)[C@H](CCC4[C@@]5(C)CC=C(c6ccc(C(=O)O)cc6)C(C)(C)C5CC[C@]43C)C12. The van der Waals surface area contributed by atoms with Gasteiger partial charge in [-0.15, -0.1) is 0 Å². The number of benzene rings is 1. The molecule has 1 heterocycles. The molecule has 1 aromatic carbocycles. The molecular weight excluding hydrogens is 643 g/mol. The Morgan fingerprint density at radius 1 is 0.885 bits per heavy atom. The molecule has 1 aliphatic heterocycles. The minimum Gasteiger partial charge on any atom is -0.478 e. The molecule has 1 aromatic rings. The van der Waals surface area contributed by atoms with E-state index in [0.717, 1.165) is 52.1 Å². The van der Waals surface area contributed by atoms with Crippen LogP contribution in [0.4, 0.5) is 0 Å². The lowest BCUT2D eigenvalue weighted by atomic mass is 9.33. The van der Waals surface area contributed by atoms with E-state index in [1.165, 1.54) is 68.1 Å². The first-order valence-corrected chi connectivity index (χ1v) is 21.1. The number of rotatable bonds is 9. The lowest BCUT2D eigenvalue weighted by Gasteiger charge is -2.72. The maximum atomic E-state index is 12.5. The molecule has 4 saturated carbocycles. The summed E-state index contributed by atoms with van der Waals surface area (Å²) in [6.07, 6.45) is 15.6. The lowest BCUT2D eigenvalue weighted by molar-refractivity contribution is -0.219. The van der Waals surface area contributed by atoms with Crippen LogP contribution in [0, 0.1) is 51.2 Å². The van der Waals surface area contributed by atoms with Crippen molar-refractivity contribution in [1.29, 1.82) is 0 Å². The summed E-state index contributed by atoms with van der Waals surface area (Å²) < 4.78 is 0. The van der Waals surface area contributed by atoms with E-state index in [0.29, 0.717) is 58.3 Å². The van der Waals surface area contributed by atoms with Crippen LogP contribution >= 0.6 is 0 Å². The van der Waals surface area contributed by atoms with Crippen LogP contribution in [0.3, 0.4) is 0 Å². The highest BCUT2D eigenvalue weighted by Crippen LogP contribution is 2.76. The third kappa shape index (κ3) is 5.87. The first-order valence-electron chi connectivity index (χ1n) is 21.1. The summed E-state index contributed by atoms with van der Waals surface area (Å²) in [6.45, 7) is 28.0. The van der Waals surface area contributed by atoms with Gasteiger partial charge in [-0.25, -0.2) is 4.79 Å². The second kappa shape index (κ2) is 13.7. The highest BCUT2D eigenvalue weighted by molar-refractivity contribution is 5.88. The van der Waals surface area contributed by atoms with Crippen LogP contribution < -0.4 is 5.32 Å². The molecule has 0 radical (unpaired) electrons. The average molecular weight is 712 g/mol. The maximum absolute atomic E-state index is 12.5. The largest absolute Gasteiger partial charge is 0.478 e. The van der Waals surface area contributed by atoms with Crippen LogP contribution in [0.2, 0.25) is 0 Å². The molecule has 5 aliphatic carbocycles. The molecular formula is C46H69N3O3. The number of carboxylic acid groups (broad SMARTS) is 1. The Hall–Kier alpha value is -2.44. The molecule has 5 fully saturated rings. The Balaban J connectivity index is 1.10. The summed E-state index contributed by atoms with van der Waals surface area (Å²) in [5.41, 5.74) is 5.44. The summed E-state index contributed by atoms with van der Waals surface area (Å²) in [7, 11) is 0. The fraction of sp³-hybridized carbons (Fsp3) is 0.739. The van der Waals surface area contributed by atoms with Crippen LogP contribution in [-0.2, 0) is 4.79 Å². The number of nitrogens with one attached hydrogen (secondary N) is 1. The van der Waals surface area contributed by atoms with Gasteiger partial charge >= 0.3 is 5.97 Å². The van der Waals surface area contributed by atoms with Crippen molar-refractivity contribution >= 4 is 17.4 Å². The Kier molecular flexibility index (Phi) is 9.97. The van der Waals surface area contributed by atoms with Crippen LogP contribution in [0.1, 0.15) is 135 Å². The number of fused-ring (bicyclic) bond motifs is 7. The first-order chi connectivity index (χ1) is 24.6. The molecule has 52 heavy (non-hydrogen) atoms. The Morgan fingerprint density at radius 3 is 2.25 bits per heavy atom. The van der Waals surface area contributed by atoms with Crippen molar-refractivity contribution < 1.29 is 14.7 Å². The third-order valence-corrected chi connectivity index (χ3v) is 17.2. The van der Waals surface area contributed by atoms with Crippen molar-refractivity contribution in [2.45, 2.75) is 125 Å². The Bertz CT molecular complexity index is 1570. The van der Waals surface area contributed by atoms with E-state index in [9.17, 15) is 14.7 Å². The topological polar surface area (TPSA) is 72.9 Å². The molecule has 6 aliphatic rings. The highest BCUT2D eigenvalue weighted by Gasteiger charge is 2.70. The molecule has 7 rings (SSSR count). The van der Waals surface area contributed by atoms with E-state index < -0.39 is 5.97 Å². The van der Waals surface area contributed by atoms with Gasteiger partial charge in [0.15, 0.2) is 0 Å². The third-order valence-electron chi connectivity index (χ3n) is 17.2. The smallest absolute Gasteiger partial charge is 0.335 e. The Morgan fingerprint density at radius 2 is 1.60 bits per heavy atom. The van der Waals surface area contributed by atoms with Gasteiger partial charge in [-0.05, 0) is 146 Å². The lowest BCUT2D eigenvalue weighted by Crippen LogP contribution is -2.68. The van der Waals surface area contributed by atoms with E-state index in [2.05, 4.69) is 76.2 Å². The van der Waals surface area contributed by atoms with Gasteiger partial charge in [-0.1, -0.05) is 71.9 Å². The van der Waals surface area contributed by atoms with Crippen LogP contribution in [0.15, 0.2) is 42.5 Å². The van der Waals surface area contributed by atoms with Crippen molar-refractivity contribution in [3.63, 3.8) is 0 Å². The van der Waals surface area contributed by atoms with Crippen molar-refractivity contribution in [2.75, 3.05) is 39.3 Å². The number of carbonyl (C=O) groups is 2. The van der Waals surface area contributed by atoms with E-state index in [4.69, 9.17) is 0 Å². The molecule has 0 bridgehead atoms. The van der Waals surface area contributed by atoms with Gasteiger partial charge in [0, 0.05) is 51.2 Å². The molecule has 6 nitrogen and oxygen atoms in total.